The maximum absolute atomic E-state index is 13.2. The summed E-state index contributed by atoms with van der Waals surface area (Å²) in [4.78, 5) is 13.2. The molecule has 0 radical (unpaired) electrons. The number of benzene rings is 1. The highest BCUT2D eigenvalue weighted by Crippen LogP contribution is 2.47. The summed E-state index contributed by atoms with van der Waals surface area (Å²) < 4.78 is 12.1. The Labute approximate surface area is 192 Å². The fourth-order valence-electron chi connectivity index (χ4n) is 4.52. The number of carbonyl (C=O) groups is 1. The lowest BCUT2D eigenvalue weighted by Crippen LogP contribution is -2.34. The third-order valence-corrected chi connectivity index (χ3v) is 6.32. The van der Waals surface area contributed by atoms with Crippen molar-refractivity contribution in [3.05, 3.63) is 44.7 Å². The second-order valence-electron chi connectivity index (χ2n) is 7.92. The summed E-state index contributed by atoms with van der Waals surface area (Å²) in [5.74, 6) is 1.01. The molecule has 6 nitrogen and oxygen atoms in total. The number of ketones is 1. The van der Waals surface area contributed by atoms with Crippen molar-refractivity contribution in [3.63, 3.8) is 0 Å². The molecule has 2 atom stereocenters. The van der Waals surface area contributed by atoms with Crippen molar-refractivity contribution in [2.75, 3.05) is 19.8 Å². The van der Waals surface area contributed by atoms with Crippen molar-refractivity contribution >= 4 is 21.7 Å². The van der Waals surface area contributed by atoms with E-state index in [0.29, 0.717) is 46.1 Å². The van der Waals surface area contributed by atoms with Gasteiger partial charge in [0.05, 0.1) is 35.2 Å². The van der Waals surface area contributed by atoms with E-state index in [2.05, 4.69) is 34.2 Å². The van der Waals surface area contributed by atoms with Gasteiger partial charge in [-0.05, 0) is 66.2 Å². The summed E-state index contributed by atoms with van der Waals surface area (Å²) in [5, 5.41) is 22.4. The first-order chi connectivity index (χ1) is 14.9. The highest BCUT2D eigenvalue weighted by atomic mass is 79.9. The number of carbonyl (C=O) groups excluding carboxylic acids is 1. The van der Waals surface area contributed by atoms with Gasteiger partial charge in [0, 0.05) is 23.4 Å². The Morgan fingerprint density at radius 1 is 1.29 bits per heavy atom. The monoisotopic (exact) mass is 488 g/mol. The van der Waals surface area contributed by atoms with Crippen LogP contribution in [0.3, 0.4) is 0 Å². The van der Waals surface area contributed by atoms with Crippen LogP contribution in [0.4, 0.5) is 0 Å². The molecule has 0 amide bonds. The van der Waals surface area contributed by atoms with Crippen LogP contribution in [0.15, 0.2) is 39.1 Å². The maximum atomic E-state index is 13.2. The van der Waals surface area contributed by atoms with Gasteiger partial charge < -0.3 is 19.9 Å². The van der Waals surface area contributed by atoms with E-state index in [1.54, 1.807) is 0 Å². The van der Waals surface area contributed by atoms with Crippen LogP contribution >= 0.6 is 15.9 Å². The molecule has 7 heteroatoms. The molecule has 1 aliphatic heterocycles. The number of hydrogen-bond acceptors (Lipinski definition) is 6. The van der Waals surface area contributed by atoms with Crippen molar-refractivity contribution in [2.24, 2.45) is 5.92 Å². The van der Waals surface area contributed by atoms with E-state index in [1.807, 2.05) is 26.0 Å². The highest BCUT2D eigenvalue weighted by Gasteiger charge is 2.38. The molecule has 0 aromatic heterocycles. The molecule has 166 valence electrons. The van der Waals surface area contributed by atoms with Gasteiger partial charge in [0.15, 0.2) is 17.3 Å². The molecule has 1 aromatic rings. The van der Waals surface area contributed by atoms with Gasteiger partial charge in [0.2, 0.25) is 0 Å². The van der Waals surface area contributed by atoms with Crippen LogP contribution in [0.2, 0.25) is 0 Å². The third-order valence-electron chi connectivity index (χ3n) is 5.73. The first-order valence-electron chi connectivity index (χ1n) is 10.8. The number of aliphatic hydroxyl groups excluding tert-OH is 1. The molecule has 3 rings (SSSR count). The molecule has 1 heterocycles. The van der Waals surface area contributed by atoms with E-state index in [1.165, 1.54) is 0 Å². The van der Waals surface area contributed by atoms with Crippen molar-refractivity contribution in [2.45, 2.75) is 52.4 Å². The number of rotatable bonds is 8. The SMILES string of the molecule is CCCC1CC(=O)C2=C(C1)NC(C)=C(C#N)C2c1cc(Br)c(OCCO)c(OCC)c1. The quantitative estimate of drug-likeness (QED) is 0.549. The Morgan fingerprint density at radius 2 is 2.06 bits per heavy atom. The number of hydrogen-bond donors (Lipinski definition) is 2. The normalized spacial score (nSPS) is 20.8. The zero-order valence-corrected chi connectivity index (χ0v) is 19.8. The Hall–Kier alpha value is -2.30. The lowest BCUT2D eigenvalue weighted by atomic mass is 9.72. The number of Topliss-reactive ketones (excluding diaryl/α,β-unsaturated/α-hetero) is 1. The lowest BCUT2D eigenvalue weighted by Gasteiger charge is -2.35. The topological polar surface area (TPSA) is 91.6 Å². The van der Waals surface area contributed by atoms with Gasteiger partial charge in [0.25, 0.3) is 0 Å². The standard InChI is InChI=1S/C24H29BrN2O4/c1-4-6-15-9-19-23(20(29)10-15)22(17(13-26)14(3)27-19)16-11-18(25)24(31-8-7-28)21(12-16)30-5-2/h11-12,15,22,27-28H,4-10H2,1-3H3. The van der Waals surface area contributed by atoms with Gasteiger partial charge >= 0.3 is 0 Å². The fraction of sp³-hybridized carbons (Fsp3) is 0.500. The van der Waals surface area contributed by atoms with Gasteiger partial charge in [-0.15, -0.1) is 0 Å². The van der Waals surface area contributed by atoms with Gasteiger partial charge in [-0.3, -0.25) is 4.79 Å². The Balaban J connectivity index is 2.12. The van der Waals surface area contributed by atoms with Gasteiger partial charge in [-0.2, -0.15) is 5.26 Å². The second kappa shape index (κ2) is 10.3. The van der Waals surface area contributed by atoms with Crippen LogP contribution in [0.1, 0.15) is 57.9 Å². The summed E-state index contributed by atoms with van der Waals surface area (Å²) >= 11 is 3.55. The van der Waals surface area contributed by atoms with Crippen molar-refractivity contribution in [3.8, 4) is 17.6 Å². The van der Waals surface area contributed by atoms with E-state index in [9.17, 15) is 10.1 Å². The van der Waals surface area contributed by atoms with Crippen LogP contribution in [0.25, 0.3) is 0 Å². The molecule has 2 unspecified atom stereocenters. The Morgan fingerprint density at radius 3 is 2.71 bits per heavy atom. The minimum Gasteiger partial charge on any atom is -0.490 e. The van der Waals surface area contributed by atoms with E-state index in [4.69, 9.17) is 14.6 Å². The number of nitrogens with one attached hydrogen (secondary N) is 1. The molecule has 1 aromatic carbocycles. The lowest BCUT2D eigenvalue weighted by molar-refractivity contribution is -0.117. The van der Waals surface area contributed by atoms with Crippen LogP contribution < -0.4 is 14.8 Å². The number of allylic oxidation sites excluding steroid dienone is 4. The van der Waals surface area contributed by atoms with Gasteiger partial charge in [0.1, 0.15) is 6.61 Å². The number of aliphatic hydroxyl groups is 1. The van der Waals surface area contributed by atoms with Gasteiger partial charge in [-0.1, -0.05) is 13.3 Å². The average molecular weight is 489 g/mol. The first-order valence-corrected chi connectivity index (χ1v) is 11.6. The third kappa shape index (κ3) is 4.81. The average Bonchev–Trinajstić information content (AvgIpc) is 2.72. The molecular formula is C24H29BrN2O4. The molecule has 1 aliphatic carbocycles. The minimum absolute atomic E-state index is 0.104. The Bertz CT molecular complexity index is 961. The Kier molecular flexibility index (Phi) is 7.79. The highest BCUT2D eigenvalue weighted by molar-refractivity contribution is 9.10. The van der Waals surface area contributed by atoms with E-state index in [-0.39, 0.29) is 19.0 Å². The smallest absolute Gasteiger partial charge is 0.175 e. The summed E-state index contributed by atoms with van der Waals surface area (Å²) in [6, 6.07) is 6.05. The molecule has 0 fully saturated rings. The fourth-order valence-corrected chi connectivity index (χ4v) is 5.09. The molecule has 0 saturated carbocycles. The minimum atomic E-state index is -0.446. The second-order valence-corrected chi connectivity index (χ2v) is 8.78. The number of nitriles is 1. The van der Waals surface area contributed by atoms with Crippen LogP contribution in [0, 0.1) is 17.2 Å². The van der Waals surface area contributed by atoms with Crippen molar-refractivity contribution in [1.82, 2.24) is 5.32 Å². The summed E-state index contributed by atoms with van der Waals surface area (Å²) in [6.45, 7) is 6.37. The molecule has 0 saturated heterocycles. The first kappa shape index (κ1) is 23.4. The van der Waals surface area contributed by atoms with Gasteiger partial charge in [-0.25, -0.2) is 0 Å². The van der Waals surface area contributed by atoms with E-state index >= 15 is 0 Å². The molecule has 2 N–H and O–H groups in total. The number of ether oxygens (including phenoxy) is 2. The van der Waals surface area contributed by atoms with Crippen LogP contribution in [0.5, 0.6) is 11.5 Å². The molecule has 0 spiro atoms. The zero-order valence-electron chi connectivity index (χ0n) is 18.3. The number of nitrogens with zero attached hydrogens (tertiary/aromatic N) is 1. The van der Waals surface area contributed by atoms with E-state index < -0.39 is 5.92 Å². The number of dihydropyridines is 1. The summed E-state index contributed by atoms with van der Waals surface area (Å²) in [6.07, 6.45) is 3.39. The maximum Gasteiger partial charge on any atom is 0.175 e. The molecule has 31 heavy (non-hydrogen) atoms. The van der Waals surface area contributed by atoms with Crippen molar-refractivity contribution in [1.29, 1.82) is 5.26 Å². The molecular weight excluding hydrogens is 460 g/mol. The summed E-state index contributed by atoms with van der Waals surface area (Å²) in [7, 11) is 0. The molecule has 2 aliphatic rings. The van der Waals surface area contributed by atoms with Crippen LogP contribution in [-0.2, 0) is 4.79 Å². The number of halogens is 1. The van der Waals surface area contributed by atoms with Crippen LogP contribution in [-0.4, -0.2) is 30.7 Å². The predicted molar refractivity (Wildman–Crippen MR) is 122 cm³/mol. The predicted octanol–water partition coefficient (Wildman–Crippen LogP) is 4.74. The zero-order chi connectivity index (χ0) is 22.5. The van der Waals surface area contributed by atoms with E-state index in [0.717, 1.165) is 36.2 Å². The summed E-state index contributed by atoms with van der Waals surface area (Å²) in [5.41, 5.74) is 3.75. The molecule has 0 bridgehead atoms. The largest absolute Gasteiger partial charge is 0.490 e. The van der Waals surface area contributed by atoms with Crippen molar-refractivity contribution < 1.29 is 19.4 Å².